The first kappa shape index (κ1) is 20.3. The Bertz CT molecular complexity index is 646. The molecule has 1 aliphatic heterocycles. The minimum Gasteiger partial charge on any atom is -0.497 e. The smallest absolute Gasteiger partial charge is 0.242 e. The van der Waals surface area contributed by atoms with Crippen molar-refractivity contribution in [2.45, 2.75) is 50.7 Å². The van der Waals surface area contributed by atoms with Crippen molar-refractivity contribution in [1.29, 1.82) is 0 Å². The molecule has 1 heterocycles. The van der Waals surface area contributed by atoms with E-state index in [1.165, 1.54) is 31.0 Å². The predicted octanol–water partition coefficient (Wildman–Crippen LogP) is 3.47. The number of unbranched alkanes of at least 4 members (excludes halogenated alkanes) is 4. The third-order valence-electron chi connectivity index (χ3n) is 4.19. The van der Waals surface area contributed by atoms with E-state index in [0.717, 1.165) is 24.3 Å². The molecule has 1 saturated heterocycles. The minimum atomic E-state index is -0.472. The number of carbonyl (C=O) groups is 2. The summed E-state index contributed by atoms with van der Waals surface area (Å²) in [7, 11) is 1.61. The Morgan fingerprint density at radius 3 is 2.54 bits per heavy atom. The quantitative estimate of drug-likeness (QED) is 0.633. The van der Waals surface area contributed by atoms with Gasteiger partial charge in [-0.1, -0.05) is 44.4 Å². The second-order valence-electron chi connectivity index (χ2n) is 6.27. The summed E-state index contributed by atoms with van der Waals surface area (Å²) >= 11 is 1.32. The molecule has 0 radical (unpaired) electrons. The second kappa shape index (κ2) is 10.2. The topological polar surface area (TPSA) is 85.0 Å². The van der Waals surface area contributed by atoms with Crippen molar-refractivity contribution < 1.29 is 14.3 Å². The molecule has 1 aromatic rings. The zero-order valence-corrected chi connectivity index (χ0v) is 16.3. The third-order valence-corrected chi connectivity index (χ3v) is 5.36. The van der Waals surface area contributed by atoms with Gasteiger partial charge in [0.1, 0.15) is 11.0 Å². The van der Waals surface area contributed by atoms with Gasteiger partial charge >= 0.3 is 0 Å². The van der Waals surface area contributed by atoms with Crippen LogP contribution in [-0.4, -0.2) is 40.8 Å². The van der Waals surface area contributed by atoms with Crippen molar-refractivity contribution in [2.75, 3.05) is 13.7 Å². The number of benzene rings is 1. The fourth-order valence-electron chi connectivity index (χ4n) is 2.75. The lowest BCUT2D eigenvalue weighted by Crippen LogP contribution is -2.34. The van der Waals surface area contributed by atoms with Crippen LogP contribution in [0.15, 0.2) is 29.3 Å². The molecule has 7 heteroatoms. The summed E-state index contributed by atoms with van der Waals surface area (Å²) in [6.07, 6.45) is 5.61. The molecular formula is C19H27N3O3S. The Morgan fingerprint density at radius 2 is 1.92 bits per heavy atom. The predicted molar refractivity (Wildman–Crippen MR) is 106 cm³/mol. The molecule has 6 nitrogen and oxygen atoms in total. The summed E-state index contributed by atoms with van der Waals surface area (Å²) in [6, 6.07) is 7.35. The maximum Gasteiger partial charge on any atom is 0.242 e. The lowest BCUT2D eigenvalue weighted by atomic mass is 10.1. The molecule has 0 aliphatic carbocycles. The van der Waals surface area contributed by atoms with Crippen LogP contribution >= 0.6 is 11.8 Å². The highest BCUT2D eigenvalue weighted by atomic mass is 32.2. The Kier molecular flexibility index (Phi) is 7.97. The van der Waals surface area contributed by atoms with Gasteiger partial charge in [-0.25, -0.2) is 4.99 Å². The number of nitrogens with zero attached hydrogens (tertiary/aromatic N) is 2. The van der Waals surface area contributed by atoms with E-state index < -0.39 is 11.2 Å². The molecule has 0 spiro atoms. The van der Waals surface area contributed by atoms with Gasteiger partial charge in [-0.2, -0.15) is 0 Å². The second-order valence-corrected chi connectivity index (χ2v) is 7.44. The van der Waals surface area contributed by atoms with Crippen LogP contribution in [0.5, 0.6) is 5.75 Å². The van der Waals surface area contributed by atoms with Crippen molar-refractivity contribution in [3.63, 3.8) is 0 Å². The summed E-state index contributed by atoms with van der Waals surface area (Å²) in [5.41, 5.74) is 6.04. The molecule has 0 unspecified atom stereocenters. The summed E-state index contributed by atoms with van der Waals surface area (Å²) in [5, 5.41) is 0.169. The molecule has 1 aromatic carbocycles. The molecule has 2 N–H and O–H groups in total. The molecule has 2 amide bonds. The number of amidine groups is 1. The van der Waals surface area contributed by atoms with E-state index in [-0.39, 0.29) is 12.3 Å². The van der Waals surface area contributed by atoms with E-state index in [2.05, 4.69) is 11.9 Å². The fourth-order valence-corrected chi connectivity index (χ4v) is 3.95. The van der Waals surface area contributed by atoms with Crippen LogP contribution in [0.25, 0.3) is 0 Å². The van der Waals surface area contributed by atoms with Crippen LogP contribution in [-0.2, 0) is 9.59 Å². The van der Waals surface area contributed by atoms with Gasteiger partial charge in [0.25, 0.3) is 0 Å². The van der Waals surface area contributed by atoms with E-state index in [1.807, 2.05) is 24.3 Å². The Labute approximate surface area is 159 Å². The molecule has 0 bridgehead atoms. The van der Waals surface area contributed by atoms with Crippen LogP contribution < -0.4 is 10.5 Å². The molecule has 1 aliphatic rings. The number of amides is 2. The van der Waals surface area contributed by atoms with Gasteiger partial charge < -0.3 is 10.5 Å². The molecule has 26 heavy (non-hydrogen) atoms. The number of thioether (sulfide) groups is 1. The molecule has 1 fully saturated rings. The van der Waals surface area contributed by atoms with Gasteiger partial charge in [0.05, 0.1) is 12.8 Å². The minimum absolute atomic E-state index is 0.0392. The molecule has 2 rings (SSSR count). The number of primary amides is 1. The van der Waals surface area contributed by atoms with Crippen LogP contribution in [0.3, 0.4) is 0 Å². The average molecular weight is 378 g/mol. The van der Waals surface area contributed by atoms with Crippen molar-refractivity contribution in [3.05, 3.63) is 24.3 Å². The number of hydrogen-bond donors (Lipinski definition) is 1. The van der Waals surface area contributed by atoms with Gasteiger partial charge in [0.15, 0.2) is 5.17 Å². The van der Waals surface area contributed by atoms with E-state index in [1.54, 1.807) is 12.0 Å². The number of ether oxygens (including phenoxy) is 1. The van der Waals surface area contributed by atoms with Gasteiger partial charge in [-0.15, -0.1) is 0 Å². The standard InChI is InChI=1S/C19H27N3O3S/c1-3-4-5-6-7-12-22-18(24)16(13-17(20)23)26-19(22)21-14-8-10-15(25-2)11-9-14/h8-11,16H,3-7,12-13H2,1-2H3,(H2,20,23)/t16-/m0/s1. The first-order chi connectivity index (χ1) is 12.5. The van der Waals surface area contributed by atoms with E-state index >= 15 is 0 Å². The lowest BCUT2D eigenvalue weighted by Gasteiger charge is -2.16. The van der Waals surface area contributed by atoms with Crippen LogP contribution in [0.4, 0.5) is 5.69 Å². The van der Waals surface area contributed by atoms with E-state index in [4.69, 9.17) is 10.5 Å². The Morgan fingerprint density at radius 1 is 1.23 bits per heavy atom. The first-order valence-electron chi connectivity index (χ1n) is 9.04. The maximum atomic E-state index is 12.7. The number of methoxy groups -OCH3 is 1. The van der Waals surface area contributed by atoms with Crippen molar-refractivity contribution in [1.82, 2.24) is 4.90 Å². The molecule has 0 saturated carbocycles. The molecular weight excluding hydrogens is 350 g/mol. The number of nitrogens with two attached hydrogens (primary N) is 1. The number of hydrogen-bond acceptors (Lipinski definition) is 5. The summed E-state index contributed by atoms with van der Waals surface area (Å²) in [6.45, 7) is 2.80. The van der Waals surface area contributed by atoms with Crippen LogP contribution in [0.1, 0.15) is 45.4 Å². The first-order valence-corrected chi connectivity index (χ1v) is 9.92. The van der Waals surface area contributed by atoms with Crippen LogP contribution in [0, 0.1) is 0 Å². The Balaban J connectivity index is 2.11. The summed E-state index contributed by atoms with van der Waals surface area (Å²) < 4.78 is 5.15. The molecule has 0 aromatic heterocycles. The van der Waals surface area contributed by atoms with Gasteiger partial charge in [-0.3, -0.25) is 14.5 Å². The van der Waals surface area contributed by atoms with Crippen LogP contribution in [0.2, 0.25) is 0 Å². The van der Waals surface area contributed by atoms with Gasteiger partial charge in [0, 0.05) is 13.0 Å². The summed E-state index contributed by atoms with van der Waals surface area (Å²) in [5.74, 6) is 0.212. The normalized spacial score (nSPS) is 18.5. The van der Waals surface area contributed by atoms with E-state index in [0.29, 0.717) is 11.7 Å². The van der Waals surface area contributed by atoms with Crippen molar-refractivity contribution in [3.8, 4) is 5.75 Å². The fraction of sp³-hybridized carbons (Fsp3) is 0.526. The lowest BCUT2D eigenvalue weighted by molar-refractivity contribution is -0.128. The monoisotopic (exact) mass is 377 g/mol. The molecule has 1 atom stereocenters. The number of rotatable bonds is 10. The van der Waals surface area contributed by atoms with Gasteiger partial charge in [0.2, 0.25) is 11.8 Å². The van der Waals surface area contributed by atoms with E-state index in [9.17, 15) is 9.59 Å². The molecule has 142 valence electrons. The maximum absolute atomic E-state index is 12.7. The number of carbonyl (C=O) groups excluding carboxylic acids is 2. The highest BCUT2D eigenvalue weighted by Crippen LogP contribution is 2.32. The average Bonchev–Trinajstić information content (AvgIpc) is 2.90. The highest BCUT2D eigenvalue weighted by molar-refractivity contribution is 8.15. The largest absolute Gasteiger partial charge is 0.497 e. The SMILES string of the molecule is CCCCCCCN1C(=O)[C@H](CC(N)=O)SC1=Nc1ccc(OC)cc1. The summed E-state index contributed by atoms with van der Waals surface area (Å²) in [4.78, 5) is 30.2. The zero-order chi connectivity index (χ0) is 18.9. The highest BCUT2D eigenvalue weighted by Gasteiger charge is 2.38. The third kappa shape index (κ3) is 5.76. The Hall–Kier alpha value is -2.02. The zero-order valence-electron chi connectivity index (χ0n) is 15.4. The van der Waals surface area contributed by atoms with Gasteiger partial charge in [-0.05, 0) is 30.7 Å². The van der Waals surface area contributed by atoms with Crippen molar-refractivity contribution >= 4 is 34.4 Å². The number of aliphatic imine (C=N–C) groups is 1. The van der Waals surface area contributed by atoms with Crippen molar-refractivity contribution in [2.24, 2.45) is 10.7 Å².